The average Bonchev–Trinajstić information content (AvgIpc) is 3.22. The van der Waals surface area contributed by atoms with Gasteiger partial charge in [0.2, 0.25) is 16.9 Å². The van der Waals surface area contributed by atoms with E-state index in [1.165, 1.54) is 35.2 Å². The Morgan fingerprint density at radius 2 is 1.88 bits per heavy atom. The first-order valence-corrected chi connectivity index (χ1v) is 11.9. The number of aryl methyl sites for hydroxylation is 1. The van der Waals surface area contributed by atoms with Crippen LogP contribution in [0.2, 0.25) is 0 Å². The van der Waals surface area contributed by atoms with Gasteiger partial charge in [0.05, 0.1) is 12.3 Å². The van der Waals surface area contributed by atoms with Crippen molar-refractivity contribution in [3.05, 3.63) is 59.9 Å². The Morgan fingerprint density at radius 3 is 2.59 bits per heavy atom. The summed E-state index contributed by atoms with van der Waals surface area (Å²) >= 11 is 2.57. The second-order valence-electron chi connectivity index (χ2n) is 6.97. The Morgan fingerprint density at radius 1 is 1.12 bits per heavy atom. The van der Waals surface area contributed by atoms with Crippen LogP contribution in [0.15, 0.2) is 52.9 Å². The van der Waals surface area contributed by atoms with Crippen LogP contribution in [0, 0.1) is 12.7 Å². The number of carbonyl (C=O) groups is 2. The van der Waals surface area contributed by atoms with E-state index in [9.17, 15) is 14.0 Å². The molecule has 1 heterocycles. The second kappa shape index (κ2) is 11.6. The molecule has 10 heteroatoms. The minimum Gasteiger partial charge on any atom is -0.333 e. The largest absolute Gasteiger partial charge is 0.333 e. The summed E-state index contributed by atoms with van der Waals surface area (Å²) in [4.78, 5) is 26.7. The van der Waals surface area contributed by atoms with Crippen LogP contribution in [0.5, 0.6) is 0 Å². The monoisotopic (exact) mass is 473 g/mol. The molecule has 0 aliphatic carbocycles. The summed E-state index contributed by atoms with van der Waals surface area (Å²) in [5.41, 5.74) is 2.40. The number of carbonyl (C=O) groups excluding carboxylic acids is 2. The number of nitrogens with zero attached hydrogens (tertiary/aromatic N) is 3. The van der Waals surface area contributed by atoms with Crippen LogP contribution in [0.3, 0.4) is 0 Å². The predicted octanol–water partition coefficient (Wildman–Crippen LogP) is 4.70. The van der Waals surface area contributed by atoms with Crippen LogP contribution in [0.25, 0.3) is 0 Å². The number of aromatic nitrogens is 2. The van der Waals surface area contributed by atoms with Crippen molar-refractivity contribution in [2.24, 2.45) is 0 Å². The van der Waals surface area contributed by atoms with E-state index in [0.29, 0.717) is 21.7 Å². The van der Waals surface area contributed by atoms with Gasteiger partial charge in [-0.05, 0) is 49.2 Å². The molecule has 0 saturated heterocycles. The number of amides is 2. The molecule has 0 radical (unpaired) electrons. The summed E-state index contributed by atoms with van der Waals surface area (Å²) in [6, 6.07) is 13.4. The predicted molar refractivity (Wildman–Crippen MR) is 127 cm³/mol. The zero-order valence-corrected chi connectivity index (χ0v) is 19.4. The molecule has 3 rings (SSSR count). The molecular formula is C22H24FN5O2S2. The molecule has 7 nitrogen and oxygen atoms in total. The van der Waals surface area contributed by atoms with Gasteiger partial charge in [0.15, 0.2) is 4.34 Å². The van der Waals surface area contributed by atoms with E-state index in [2.05, 4.69) is 20.8 Å². The van der Waals surface area contributed by atoms with Crippen molar-refractivity contribution >= 4 is 51.4 Å². The Labute approximate surface area is 194 Å². The molecule has 0 aliphatic heterocycles. The molecule has 2 aromatic carbocycles. The van der Waals surface area contributed by atoms with E-state index in [0.717, 1.165) is 17.7 Å². The van der Waals surface area contributed by atoms with Crippen LogP contribution in [-0.2, 0) is 9.59 Å². The molecule has 0 unspecified atom stereocenters. The molecule has 0 saturated carbocycles. The van der Waals surface area contributed by atoms with E-state index in [4.69, 9.17) is 0 Å². The lowest BCUT2D eigenvalue weighted by Crippen LogP contribution is -2.39. The Bertz CT molecular complexity index is 1060. The lowest BCUT2D eigenvalue weighted by molar-refractivity contribution is -0.132. The van der Waals surface area contributed by atoms with E-state index < -0.39 is 0 Å². The van der Waals surface area contributed by atoms with Crippen LogP contribution < -0.4 is 10.6 Å². The van der Waals surface area contributed by atoms with Gasteiger partial charge in [-0.2, -0.15) is 0 Å². The van der Waals surface area contributed by atoms with Gasteiger partial charge in [-0.1, -0.05) is 48.2 Å². The van der Waals surface area contributed by atoms with E-state index >= 15 is 0 Å². The third-order valence-electron chi connectivity index (χ3n) is 4.42. The molecule has 1 aromatic heterocycles. The summed E-state index contributed by atoms with van der Waals surface area (Å²) < 4.78 is 13.6. The van der Waals surface area contributed by atoms with Crippen LogP contribution in [-0.4, -0.2) is 45.8 Å². The highest BCUT2D eigenvalue weighted by atomic mass is 32.2. The highest BCUT2D eigenvalue weighted by molar-refractivity contribution is 8.01. The number of nitrogens with one attached hydrogen (secondary N) is 2. The van der Waals surface area contributed by atoms with Gasteiger partial charge in [0.25, 0.3) is 0 Å². The number of hydrogen-bond acceptors (Lipinski definition) is 7. The fourth-order valence-corrected chi connectivity index (χ4v) is 4.50. The molecule has 0 atom stereocenters. The average molecular weight is 474 g/mol. The smallest absolute Gasteiger partial charge is 0.244 e. The normalized spacial score (nSPS) is 10.6. The molecule has 2 N–H and O–H groups in total. The Balaban J connectivity index is 1.52. The number of halogens is 1. The number of rotatable bonds is 10. The third kappa shape index (κ3) is 7.03. The quantitative estimate of drug-likeness (QED) is 0.415. The van der Waals surface area contributed by atoms with Crippen molar-refractivity contribution in [3.8, 4) is 0 Å². The van der Waals surface area contributed by atoms with Crippen molar-refractivity contribution < 1.29 is 14.0 Å². The standard InChI is InChI=1S/C22H24FN5O2S2/c1-3-12-28(13-19(29)25-18-7-5-4-6-15(18)2)20(30)14-31-22-27-26-21(32-22)24-17-10-8-16(23)9-11-17/h4-11H,3,12-14H2,1-2H3,(H,24,26)(H,25,29). The highest BCUT2D eigenvalue weighted by Crippen LogP contribution is 2.28. The van der Waals surface area contributed by atoms with Crippen LogP contribution >= 0.6 is 23.1 Å². The van der Waals surface area contributed by atoms with Gasteiger partial charge in [-0.3, -0.25) is 9.59 Å². The molecule has 3 aromatic rings. The number of anilines is 3. The third-order valence-corrected chi connectivity index (χ3v) is 6.38. The van der Waals surface area contributed by atoms with Crippen molar-refractivity contribution in [2.45, 2.75) is 24.6 Å². The van der Waals surface area contributed by atoms with E-state index in [1.807, 2.05) is 38.1 Å². The van der Waals surface area contributed by atoms with Gasteiger partial charge in [0.1, 0.15) is 5.82 Å². The van der Waals surface area contributed by atoms with E-state index in [1.54, 1.807) is 17.0 Å². The van der Waals surface area contributed by atoms with Gasteiger partial charge < -0.3 is 15.5 Å². The number of para-hydroxylation sites is 1. The van der Waals surface area contributed by atoms with Gasteiger partial charge in [-0.15, -0.1) is 10.2 Å². The topological polar surface area (TPSA) is 87.2 Å². The molecule has 0 spiro atoms. The maximum atomic E-state index is 13.0. The SMILES string of the molecule is CCCN(CC(=O)Nc1ccccc1C)C(=O)CSc1nnc(Nc2ccc(F)cc2)s1. The van der Waals surface area contributed by atoms with Crippen LogP contribution in [0.1, 0.15) is 18.9 Å². The first kappa shape index (κ1) is 23.7. The first-order valence-electron chi connectivity index (χ1n) is 10.1. The van der Waals surface area contributed by atoms with Crippen molar-refractivity contribution in [1.82, 2.24) is 15.1 Å². The van der Waals surface area contributed by atoms with Gasteiger partial charge in [0, 0.05) is 17.9 Å². The Hall–Kier alpha value is -2.98. The summed E-state index contributed by atoms with van der Waals surface area (Å²) in [6.07, 6.45) is 0.749. The van der Waals surface area contributed by atoms with Crippen molar-refractivity contribution in [3.63, 3.8) is 0 Å². The number of thioether (sulfide) groups is 1. The molecule has 0 fully saturated rings. The first-order chi connectivity index (χ1) is 15.4. The zero-order valence-electron chi connectivity index (χ0n) is 17.8. The Kier molecular flexibility index (Phi) is 8.57. The van der Waals surface area contributed by atoms with Crippen molar-refractivity contribution in [2.75, 3.05) is 29.5 Å². The molecular weight excluding hydrogens is 449 g/mol. The fourth-order valence-electron chi connectivity index (χ4n) is 2.83. The maximum absolute atomic E-state index is 13.0. The summed E-state index contributed by atoms with van der Waals surface area (Å²) in [5.74, 6) is -0.525. The number of benzene rings is 2. The number of hydrogen-bond donors (Lipinski definition) is 2. The molecule has 168 valence electrons. The molecule has 0 aliphatic rings. The van der Waals surface area contributed by atoms with Crippen LogP contribution in [0.4, 0.5) is 20.9 Å². The summed E-state index contributed by atoms with van der Waals surface area (Å²) in [6.45, 7) is 4.37. The molecule has 0 bridgehead atoms. The summed E-state index contributed by atoms with van der Waals surface area (Å²) in [5, 5.41) is 14.6. The minimum absolute atomic E-state index is 0.00490. The summed E-state index contributed by atoms with van der Waals surface area (Å²) in [7, 11) is 0. The lowest BCUT2D eigenvalue weighted by atomic mass is 10.2. The van der Waals surface area contributed by atoms with Gasteiger partial charge >= 0.3 is 0 Å². The zero-order chi connectivity index (χ0) is 22.9. The van der Waals surface area contributed by atoms with E-state index in [-0.39, 0.29) is 29.9 Å². The molecule has 2 amide bonds. The minimum atomic E-state index is -0.313. The van der Waals surface area contributed by atoms with Gasteiger partial charge in [-0.25, -0.2) is 4.39 Å². The van der Waals surface area contributed by atoms with Crippen molar-refractivity contribution in [1.29, 1.82) is 0 Å². The second-order valence-corrected chi connectivity index (χ2v) is 9.17. The maximum Gasteiger partial charge on any atom is 0.244 e. The molecule has 32 heavy (non-hydrogen) atoms. The lowest BCUT2D eigenvalue weighted by Gasteiger charge is -2.21. The highest BCUT2D eigenvalue weighted by Gasteiger charge is 2.18. The fraction of sp³-hybridized carbons (Fsp3) is 0.273.